The third-order valence-electron chi connectivity index (χ3n) is 3.80. The summed E-state index contributed by atoms with van der Waals surface area (Å²) in [6.45, 7) is 0.833. The molecule has 2 rings (SSSR count). The van der Waals surface area contributed by atoms with Crippen LogP contribution in [0.25, 0.3) is 0 Å². The van der Waals surface area contributed by atoms with Crippen LogP contribution < -0.4 is 10.5 Å². The number of hydrogen-bond donors (Lipinski definition) is 3. The summed E-state index contributed by atoms with van der Waals surface area (Å²) >= 11 is 0. The van der Waals surface area contributed by atoms with E-state index in [9.17, 15) is 8.42 Å². The van der Waals surface area contributed by atoms with Crippen LogP contribution in [-0.4, -0.2) is 19.9 Å². The molecule has 6 heteroatoms. The first-order valence-electron chi connectivity index (χ1n) is 6.99. The molecule has 5 nitrogen and oxygen atoms in total. The predicted molar refractivity (Wildman–Crippen MR) is 75.1 cm³/mol. The van der Waals surface area contributed by atoms with Gasteiger partial charge >= 0.3 is 0 Å². The fourth-order valence-corrected chi connectivity index (χ4v) is 3.76. The summed E-state index contributed by atoms with van der Waals surface area (Å²) in [7, 11) is -3.38. The number of aromatic amines is 1. The summed E-state index contributed by atoms with van der Waals surface area (Å²) in [6, 6.07) is 1.58. The molecule has 1 aromatic heterocycles. The maximum absolute atomic E-state index is 12.0. The van der Waals surface area contributed by atoms with Crippen LogP contribution in [0.2, 0.25) is 0 Å². The highest BCUT2D eigenvalue weighted by atomic mass is 32.2. The third-order valence-corrected chi connectivity index (χ3v) is 5.24. The van der Waals surface area contributed by atoms with Gasteiger partial charge in [-0.3, -0.25) is 0 Å². The molecule has 4 N–H and O–H groups in total. The van der Waals surface area contributed by atoms with Crippen LogP contribution in [0.3, 0.4) is 0 Å². The van der Waals surface area contributed by atoms with E-state index in [1.54, 1.807) is 6.07 Å². The van der Waals surface area contributed by atoms with Gasteiger partial charge in [0.15, 0.2) is 0 Å². The highest BCUT2D eigenvalue weighted by molar-refractivity contribution is 7.89. The Hall–Kier alpha value is -0.850. The lowest BCUT2D eigenvalue weighted by molar-refractivity contribution is 0.480. The molecule has 0 bridgehead atoms. The van der Waals surface area contributed by atoms with E-state index in [2.05, 4.69) is 9.71 Å². The van der Waals surface area contributed by atoms with E-state index in [1.807, 2.05) is 0 Å². The van der Waals surface area contributed by atoms with Crippen molar-refractivity contribution in [2.45, 2.75) is 50.0 Å². The van der Waals surface area contributed by atoms with Crippen LogP contribution >= 0.6 is 0 Å². The summed E-state index contributed by atoms with van der Waals surface area (Å²) in [6.07, 6.45) is 8.82. The quantitative estimate of drug-likeness (QED) is 0.667. The van der Waals surface area contributed by atoms with Crippen molar-refractivity contribution in [2.24, 2.45) is 11.7 Å². The molecule has 0 radical (unpaired) electrons. The molecule has 0 spiro atoms. The molecule has 1 aliphatic rings. The van der Waals surface area contributed by atoms with E-state index in [-0.39, 0.29) is 4.90 Å². The SMILES string of the molecule is NCc1cc(S(=O)(=O)NCCCC2CCCC2)c[nH]1. The lowest BCUT2D eigenvalue weighted by Crippen LogP contribution is -2.24. The Balaban J connectivity index is 1.77. The van der Waals surface area contributed by atoms with Crippen molar-refractivity contribution in [1.82, 2.24) is 9.71 Å². The Morgan fingerprint density at radius 3 is 2.74 bits per heavy atom. The van der Waals surface area contributed by atoms with Crippen LogP contribution in [0.5, 0.6) is 0 Å². The highest BCUT2D eigenvalue weighted by Crippen LogP contribution is 2.28. The first-order chi connectivity index (χ1) is 9.12. The second kappa shape index (κ2) is 6.54. The zero-order valence-electron chi connectivity index (χ0n) is 11.2. The Labute approximate surface area is 115 Å². The summed E-state index contributed by atoms with van der Waals surface area (Å²) in [5.41, 5.74) is 6.18. The van der Waals surface area contributed by atoms with Crippen molar-refractivity contribution in [3.05, 3.63) is 18.0 Å². The van der Waals surface area contributed by atoms with Crippen molar-refractivity contribution in [3.63, 3.8) is 0 Å². The number of aromatic nitrogens is 1. The molecule has 1 aromatic rings. The van der Waals surface area contributed by atoms with Crippen LogP contribution in [0.1, 0.15) is 44.2 Å². The van der Waals surface area contributed by atoms with Gasteiger partial charge in [-0.05, 0) is 24.8 Å². The number of H-pyrrole nitrogens is 1. The van der Waals surface area contributed by atoms with Gasteiger partial charge in [-0.2, -0.15) is 0 Å². The molecule has 0 atom stereocenters. The summed E-state index contributed by atoms with van der Waals surface area (Å²) in [5.74, 6) is 0.806. The maximum Gasteiger partial charge on any atom is 0.242 e. The van der Waals surface area contributed by atoms with Gasteiger partial charge in [0.05, 0.1) is 4.90 Å². The molecule has 1 saturated carbocycles. The lowest BCUT2D eigenvalue weighted by Gasteiger charge is -2.09. The summed E-state index contributed by atoms with van der Waals surface area (Å²) in [5, 5.41) is 0. The van der Waals surface area contributed by atoms with E-state index in [4.69, 9.17) is 5.73 Å². The molecule has 19 heavy (non-hydrogen) atoms. The fraction of sp³-hybridized carbons (Fsp3) is 0.692. The van der Waals surface area contributed by atoms with Gasteiger partial charge in [0, 0.05) is 25.0 Å². The van der Waals surface area contributed by atoms with Gasteiger partial charge in [0.1, 0.15) is 0 Å². The average Bonchev–Trinajstić information content (AvgIpc) is 3.05. The third kappa shape index (κ3) is 4.06. The number of hydrogen-bond acceptors (Lipinski definition) is 3. The van der Waals surface area contributed by atoms with Crippen molar-refractivity contribution in [1.29, 1.82) is 0 Å². The van der Waals surface area contributed by atoms with Gasteiger partial charge in [-0.15, -0.1) is 0 Å². The minimum absolute atomic E-state index is 0.272. The zero-order valence-corrected chi connectivity index (χ0v) is 12.0. The number of nitrogens with two attached hydrogens (primary N) is 1. The predicted octanol–water partition coefficient (Wildman–Crippen LogP) is 1.72. The number of rotatable bonds is 7. The minimum Gasteiger partial charge on any atom is -0.363 e. The van der Waals surface area contributed by atoms with Gasteiger partial charge in [-0.25, -0.2) is 13.1 Å². The average molecular weight is 285 g/mol. The largest absolute Gasteiger partial charge is 0.363 e. The second-order valence-electron chi connectivity index (χ2n) is 5.26. The topological polar surface area (TPSA) is 88.0 Å². The van der Waals surface area contributed by atoms with Crippen LogP contribution in [-0.2, 0) is 16.6 Å². The molecule has 0 saturated heterocycles. The van der Waals surface area contributed by atoms with E-state index < -0.39 is 10.0 Å². The molecule has 1 fully saturated rings. The summed E-state index contributed by atoms with van der Waals surface area (Å²) < 4.78 is 26.6. The molecule has 0 aliphatic heterocycles. The lowest BCUT2D eigenvalue weighted by atomic mass is 10.0. The van der Waals surface area contributed by atoms with E-state index >= 15 is 0 Å². The van der Waals surface area contributed by atoms with Crippen molar-refractivity contribution in [3.8, 4) is 0 Å². The highest BCUT2D eigenvalue weighted by Gasteiger charge is 2.17. The number of nitrogens with one attached hydrogen (secondary N) is 2. The van der Waals surface area contributed by atoms with Crippen molar-refractivity contribution < 1.29 is 8.42 Å². The Bertz CT molecular complexity index is 490. The van der Waals surface area contributed by atoms with Crippen LogP contribution in [0, 0.1) is 5.92 Å². The van der Waals surface area contributed by atoms with Gasteiger partial charge in [0.25, 0.3) is 0 Å². The Kier molecular flexibility index (Phi) is 5.01. The monoisotopic (exact) mass is 285 g/mol. The smallest absolute Gasteiger partial charge is 0.242 e. The normalized spacial score (nSPS) is 17.1. The van der Waals surface area contributed by atoms with Crippen LogP contribution in [0.15, 0.2) is 17.2 Å². The molecular formula is C13H23N3O2S. The minimum atomic E-state index is -3.38. The van der Waals surface area contributed by atoms with Gasteiger partial charge < -0.3 is 10.7 Å². The van der Waals surface area contributed by atoms with E-state index in [0.717, 1.165) is 24.5 Å². The zero-order chi connectivity index (χ0) is 13.7. The van der Waals surface area contributed by atoms with Crippen molar-refractivity contribution in [2.75, 3.05) is 6.54 Å². The molecular weight excluding hydrogens is 262 g/mol. The van der Waals surface area contributed by atoms with Crippen LogP contribution in [0.4, 0.5) is 0 Å². The fourth-order valence-electron chi connectivity index (χ4n) is 2.67. The number of sulfonamides is 1. The molecule has 0 unspecified atom stereocenters. The Morgan fingerprint density at radius 2 is 2.11 bits per heavy atom. The molecule has 1 aliphatic carbocycles. The first-order valence-corrected chi connectivity index (χ1v) is 8.47. The Morgan fingerprint density at radius 1 is 1.37 bits per heavy atom. The van der Waals surface area contributed by atoms with Gasteiger partial charge in [0.2, 0.25) is 10.0 Å². The summed E-state index contributed by atoms with van der Waals surface area (Å²) in [4.78, 5) is 3.12. The van der Waals surface area contributed by atoms with E-state index in [0.29, 0.717) is 13.1 Å². The molecule has 0 amide bonds. The maximum atomic E-state index is 12.0. The molecule has 0 aromatic carbocycles. The van der Waals surface area contributed by atoms with Gasteiger partial charge in [-0.1, -0.05) is 25.7 Å². The second-order valence-corrected chi connectivity index (χ2v) is 7.02. The first kappa shape index (κ1) is 14.6. The standard InChI is InChI=1S/C13H23N3O2S/c14-9-12-8-13(10-15-12)19(17,18)16-7-3-6-11-4-1-2-5-11/h8,10-11,15-16H,1-7,9,14H2. The van der Waals surface area contributed by atoms with E-state index in [1.165, 1.54) is 31.9 Å². The van der Waals surface area contributed by atoms with Crippen molar-refractivity contribution >= 4 is 10.0 Å². The molecule has 108 valence electrons. The molecule has 1 heterocycles.